The van der Waals surface area contributed by atoms with Gasteiger partial charge in [0.05, 0.1) is 11.6 Å². The molecule has 1 heterocycles. The van der Waals surface area contributed by atoms with Crippen molar-refractivity contribution in [2.75, 3.05) is 0 Å². The van der Waals surface area contributed by atoms with Gasteiger partial charge < -0.3 is 8.83 Å². The van der Waals surface area contributed by atoms with Crippen LogP contribution >= 0.6 is 12.2 Å². The van der Waals surface area contributed by atoms with E-state index in [9.17, 15) is 0 Å². The first-order valence-electron chi connectivity index (χ1n) is 3.23. The van der Waals surface area contributed by atoms with Crippen LogP contribution < -0.4 is 0 Å². The Morgan fingerprint density at radius 3 is 2.75 bits per heavy atom. The van der Waals surface area contributed by atoms with Gasteiger partial charge in [-0.1, -0.05) is 0 Å². The van der Waals surface area contributed by atoms with Crippen LogP contribution in [-0.4, -0.2) is 0 Å². The van der Waals surface area contributed by atoms with E-state index in [2.05, 4.69) is 12.2 Å². The Hall–Kier alpha value is -1.60. The molecule has 0 saturated carbocycles. The first-order valence-corrected chi connectivity index (χ1v) is 3.64. The molecule has 0 amide bonds. The molecule has 12 heavy (non-hydrogen) atoms. The first-order chi connectivity index (χ1) is 5.79. The molecule has 2 rings (SSSR count). The van der Waals surface area contributed by atoms with Crippen LogP contribution in [0.3, 0.4) is 0 Å². The van der Waals surface area contributed by atoms with Crippen LogP contribution in [0.4, 0.5) is 0 Å². The van der Waals surface area contributed by atoms with E-state index in [1.165, 1.54) is 0 Å². The lowest BCUT2D eigenvalue weighted by molar-refractivity contribution is 0.444. The molecule has 0 aliphatic heterocycles. The summed E-state index contributed by atoms with van der Waals surface area (Å²) in [5.41, 5.74) is 1.61. The van der Waals surface area contributed by atoms with Gasteiger partial charge >= 0.3 is 4.90 Å². The summed E-state index contributed by atoms with van der Waals surface area (Å²) >= 11 is 4.68. The van der Waals surface area contributed by atoms with Gasteiger partial charge in [-0.15, -0.1) is 0 Å². The van der Waals surface area contributed by atoms with Crippen molar-refractivity contribution in [3.63, 3.8) is 0 Å². The minimum absolute atomic E-state index is 0.0834. The number of nitriles is 1. The van der Waals surface area contributed by atoms with Gasteiger partial charge in [-0.05, 0) is 12.1 Å². The van der Waals surface area contributed by atoms with Crippen LogP contribution in [0.25, 0.3) is 11.2 Å². The van der Waals surface area contributed by atoms with E-state index < -0.39 is 0 Å². The first kappa shape index (κ1) is 7.07. The number of rotatable bonds is 0. The maximum absolute atomic E-state index is 8.56. The highest BCUT2D eigenvalue weighted by Gasteiger charge is 2.01. The third-order valence-corrected chi connectivity index (χ3v) is 1.63. The maximum Gasteiger partial charge on any atom is 0.363 e. The molecule has 0 unspecified atom stereocenters. The van der Waals surface area contributed by atoms with Gasteiger partial charge in [0.25, 0.3) is 0 Å². The molecule has 0 aliphatic rings. The molecule has 0 aliphatic carbocycles. The third kappa shape index (κ3) is 1.00. The zero-order valence-electron chi connectivity index (χ0n) is 5.90. The Morgan fingerprint density at radius 2 is 2.00 bits per heavy atom. The van der Waals surface area contributed by atoms with Crippen molar-refractivity contribution in [1.82, 2.24) is 0 Å². The molecule has 0 spiro atoms. The van der Waals surface area contributed by atoms with Crippen molar-refractivity contribution in [1.29, 1.82) is 5.26 Å². The molecule has 2 aromatic rings. The summed E-state index contributed by atoms with van der Waals surface area (Å²) in [5, 5.41) is 8.56. The lowest BCUT2D eigenvalue weighted by Crippen LogP contribution is -1.70. The van der Waals surface area contributed by atoms with Gasteiger partial charge in [0.1, 0.15) is 0 Å². The van der Waals surface area contributed by atoms with Crippen molar-refractivity contribution in [2.45, 2.75) is 0 Å². The van der Waals surface area contributed by atoms with Gasteiger partial charge in [0, 0.05) is 18.3 Å². The lowest BCUT2D eigenvalue weighted by Gasteiger charge is -1.84. The van der Waals surface area contributed by atoms with Gasteiger partial charge in [0.2, 0.25) is 0 Å². The molecule has 0 fully saturated rings. The fourth-order valence-corrected chi connectivity index (χ4v) is 1.12. The second-order valence-electron chi connectivity index (χ2n) is 2.23. The molecule has 0 saturated heterocycles. The highest BCUT2D eigenvalue weighted by molar-refractivity contribution is 7.71. The molecule has 1 aromatic heterocycles. The van der Waals surface area contributed by atoms with Crippen LogP contribution in [0.15, 0.2) is 27.0 Å². The zero-order chi connectivity index (χ0) is 8.55. The van der Waals surface area contributed by atoms with E-state index >= 15 is 0 Å². The molecule has 0 N–H and O–H groups in total. The van der Waals surface area contributed by atoms with Crippen molar-refractivity contribution >= 4 is 23.4 Å². The normalized spacial score (nSPS) is 9.92. The second-order valence-corrected chi connectivity index (χ2v) is 2.56. The number of hydrogen-bond acceptors (Lipinski definition) is 4. The minimum atomic E-state index is 0.0834. The summed E-state index contributed by atoms with van der Waals surface area (Å²) < 4.78 is 10.0. The van der Waals surface area contributed by atoms with Crippen molar-refractivity contribution in [3.05, 3.63) is 28.7 Å². The van der Waals surface area contributed by atoms with Crippen LogP contribution in [-0.2, 0) is 0 Å². The largest absolute Gasteiger partial charge is 0.413 e. The number of hydrogen-bond donors (Lipinski definition) is 0. The Balaban J connectivity index is 2.85. The number of fused-ring (bicyclic) bond motifs is 1. The molecular formula is C8H3NO2S. The van der Waals surface area contributed by atoms with Crippen molar-refractivity contribution in [2.24, 2.45) is 0 Å². The van der Waals surface area contributed by atoms with Crippen LogP contribution in [0.2, 0.25) is 0 Å². The summed E-state index contributed by atoms with van der Waals surface area (Å²) in [6, 6.07) is 6.89. The molecule has 4 heteroatoms. The third-order valence-electron chi connectivity index (χ3n) is 1.46. The Kier molecular flexibility index (Phi) is 1.45. The average molecular weight is 177 g/mol. The Bertz CT molecular complexity index is 518. The Labute approximate surface area is 72.8 Å². The molecule has 3 nitrogen and oxygen atoms in total. The fraction of sp³-hybridized carbons (Fsp3) is 0. The molecule has 0 radical (unpaired) electrons. The van der Waals surface area contributed by atoms with E-state index in [0.717, 1.165) is 0 Å². The van der Waals surface area contributed by atoms with E-state index in [1.807, 2.05) is 6.07 Å². The standard InChI is InChI=1S/C8H3NO2S/c9-4-5-1-2-6-7(3-5)11-8(12)10-6/h1-3H. The van der Waals surface area contributed by atoms with E-state index in [-0.39, 0.29) is 4.90 Å². The number of nitrogens with zero attached hydrogens (tertiary/aromatic N) is 1. The second kappa shape index (κ2) is 2.47. The van der Waals surface area contributed by atoms with Crippen LogP contribution in [0.5, 0.6) is 0 Å². The highest BCUT2D eigenvalue weighted by atomic mass is 32.1. The summed E-state index contributed by atoms with van der Waals surface area (Å²) in [6.07, 6.45) is 0. The summed E-state index contributed by atoms with van der Waals surface area (Å²) in [7, 11) is 0. The quantitative estimate of drug-likeness (QED) is 0.580. The minimum Gasteiger partial charge on any atom is -0.413 e. The molecule has 1 aromatic carbocycles. The van der Waals surface area contributed by atoms with Crippen molar-refractivity contribution < 1.29 is 8.83 Å². The van der Waals surface area contributed by atoms with E-state index in [0.29, 0.717) is 16.7 Å². The Morgan fingerprint density at radius 1 is 1.25 bits per heavy atom. The molecule has 0 atom stereocenters. The fourth-order valence-electron chi connectivity index (χ4n) is 0.942. The summed E-state index contributed by atoms with van der Waals surface area (Å²) in [4.78, 5) is 0.0834. The lowest BCUT2D eigenvalue weighted by atomic mass is 10.2. The van der Waals surface area contributed by atoms with E-state index in [4.69, 9.17) is 14.1 Å². The average Bonchev–Trinajstić information content (AvgIpc) is 2.43. The topological polar surface area (TPSA) is 50.1 Å². The van der Waals surface area contributed by atoms with Crippen molar-refractivity contribution in [3.8, 4) is 6.07 Å². The van der Waals surface area contributed by atoms with Gasteiger partial charge in [0.15, 0.2) is 11.2 Å². The molecule has 58 valence electrons. The van der Waals surface area contributed by atoms with Gasteiger partial charge in [-0.25, -0.2) is 0 Å². The summed E-state index contributed by atoms with van der Waals surface area (Å²) in [6.45, 7) is 0. The summed E-state index contributed by atoms with van der Waals surface area (Å²) in [5.74, 6) is 0. The zero-order valence-corrected chi connectivity index (χ0v) is 6.72. The number of benzene rings is 1. The predicted molar refractivity (Wildman–Crippen MR) is 44.0 cm³/mol. The van der Waals surface area contributed by atoms with Gasteiger partial charge in [-0.3, -0.25) is 0 Å². The SMILES string of the molecule is N#Cc1ccc2oc(=S)oc2c1. The van der Waals surface area contributed by atoms with Crippen LogP contribution in [0.1, 0.15) is 5.56 Å². The molecular weight excluding hydrogens is 174 g/mol. The van der Waals surface area contributed by atoms with Crippen LogP contribution in [0, 0.1) is 16.2 Å². The maximum atomic E-state index is 8.56. The molecule has 0 bridgehead atoms. The van der Waals surface area contributed by atoms with E-state index in [1.54, 1.807) is 18.2 Å². The predicted octanol–water partition coefficient (Wildman–Crippen LogP) is 2.63. The smallest absolute Gasteiger partial charge is 0.363 e. The highest BCUT2D eigenvalue weighted by Crippen LogP contribution is 2.17. The monoisotopic (exact) mass is 177 g/mol. The van der Waals surface area contributed by atoms with Gasteiger partial charge in [-0.2, -0.15) is 5.26 Å².